The van der Waals surface area contributed by atoms with Gasteiger partial charge in [-0.3, -0.25) is 0 Å². The lowest BCUT2D eigenvalue weighted by atomic mass is 10.1. The molecule has 1 heteroatoms. The molecule has 0 fully saturated rings. The molecular weight excluding hydrogens is 188 g/mol. The molecule has 1 aromatic carbocycles. The maximum atomic E-state index is 3.39. The summed E-state index contributed by atoms with van der Waals surface area (Å²) in [6, 6.07) is 11.3. The van der Waals surface area contributed by atoms with Gasteiger partial charge in [0.25, 0.3) is 0 Å². The highest BCUT2D eigenvalue weighted by Gasteiger charge is 1.88. The van der Waals surface area contributed by atoms with E-state index in [1.807, 2.05) is 12.1 Å². The SMILES string of the molecule is BrCCCc1[c]cccc1. The Morgan fingerprint density at radius 3 is 2.90 bits per heavy atom. The average Bonchev–Trinajstić information content (AvgIpc) is 2.03. The molecule has 0 heterocycles. The van der Waals surface area contributed by atoms with Gasteiger partial charge in [-0.1, -0.05) is 40.2 Å². The highest BCUT2D eigenvalue weighted by atomic mass is 79.9. The van der Waals surface area contributed by atoms with Crippen LogP contribution < -0.4 is 0 Å². The van der Waals surface area contributed by atoms with E-state index in [1.165, 1.54) is 12.0 Å². The number of halogens is 1. The van der Waals surface area contributed by atoms with E-state index >= 15 is 0 Å². The summed E-state index contributed by atoms with van der Waals surface area (Å²) in [4.78, 5) is 0. The van der Waals surface area contributed by atoms with Crippen LogP contribution in [0.1, 0.15) is 12.0 Å². The van der Waals surface area contributed by atoms with Crippen LogP contribution in [0.4, 0.5) is 0 Å². The van der Waals surface area contributed by atoms with Crippen LogP contribution >= 0.6 is 15.9 Å². The second-order valence-corrected chi connectivity index (χ2v) is 2.97. The van der Waals surface area contributed by atoms with E-state index in [0.717, 1.165) is 11.8 Å². The van der Waals surface area contributed by atoms with Gasteiger partial charge in [0.05, 0.1) is 0 Å². The van der Waals surface area contributed by atoms with Gasteiger partial charge in [0.1, 0.15) is 0 Å². The lowest BCUT2D eigenvalue weighted by Gasteiger charge is -1.95. The minimum Gasteiger partial charge on any atom is -0.0928 e. The fourth-order valence-corrected chi connectivity index (χ4v) is 1.12. The molecule has 0 saturated heterocycles. The third-order valence-electron chi connectivity index (χ3n) is 1.35. The Bertz CT molecular complexity index is 169. The molecule has 0 aliphatic carbocycles. The van der Waals surface area contributed by atoms with Gasteiger partial charge in [0.2, 0.25) is 0 Å². The van der Waals surface area contributed by atoms with Crippen LogP contribution in [0.3, 0.4) is 0 Å². The first-order valence-corrected chi connectivity index (χ1v) is 4.57. The molecule has 0 aromatic heterocycles. The van der Waals surface area contributed by atoms with Crippen molar-refractivity contribution in [3.8, 4) is 0 Å². The quantitative estimate of drug-likeness (QED) is 0.655. The maximum absolute atomic E-state index is 3.39. The summed E-state index contributed by atoms with van der Waals surface area (Å²) in [6.45, 7) is 0. The third kappa shape index (κ3) is 2.53. The highest BCUT2D eigenvalue weighted by Crippen LogP contribution is 2.02. The van der Waals surface area contributed by atoms with Crippen molar-refractivity contribution < 1.29 is 0 Å². The second kappa shape index (κ2) is 4.51. The normalized spacial score (nSPS) is 9.70. The van der Waals surface area contributed by atoms with Crippen LogP contribution in [-0.2, 0) is 6.42 Å². The van der Waals surface area contributed by atoms with Crippen LogP contribution in [0.25, 0.3) is 0 Å². The van der Waals surface area contributed by atoms with Crippen LogP contribution in [0.15, 0.2) is 24.3 Å². The van der Waals surface area contributed by atoms with Gasteiger partial charge in [-0.05, 0) is 24.5 Å². The minimum atomic E-state index is 1.08. The summed E-state index contributed by atoms with van der Waals surface area (Å²) < 4.78 is 0. The van der Waals surface area contributed by atoms with E-state index in [4.69, 9.17) is 0 Å². The smallest absolute Gasteiger partial charge is 0.00344 e. The molecule has 0 N–H and O–H groups in total. The molecule has 0 atom stereocenters. The number of aryl methyl sites for hydroxylation is 1. The van der Waals surface area contributed by atoms with E-state index in [9.17, 15) is 0 Å². The molecule has 0 aliphatic rings. The standard InChI is InChI=1S/C9H10Br/c10-8-4-7-9-5-2-1-3-6-9/h1-3,5H,4,7-8H2. The van der Waals surface area contributed by atoms with E-state index in [-0.39, 0.29) is 0 Å². The average molecular weight is 198 g/mol. The molecule has 0 spiro atoms. The first-order valence-electron chi connectivity index (χ1n) is 3.45. The molecule has 53 valence electrons. The highest BCUT2D eigenvalue weighted by molar-refractivity contribution is 9.09. The summed E-state index contributed by atoms with van der Waals surface area (Å²) in [5, 5.41) is 1.08. The van der Waals surface area contributed by atoms with Crippen LogP contribution in [0.2, 0.25) is 0 Å². The first kappa shape index (κ1) is 7.80. The first-order chi connectivity index (χ1) is 4.93. The molecular formula is C9H10Br. The molecule has 0 nitrogen and oxygen atoms in total. The lowest BCUT2D eigenvalue weighted by Crippen LogP contribution is -1.84. The monoisotopic (exact) mass is 197 g/mol. The summed E-state index contributed by atoms with van der Waals surface area (Å²) in [7, 11) is 0. The zero-order valence-corrected chi connectivity index (χ0v) is 7.39. The van der Waals surface area contributed by atoms with Crippen molar-refractivity contribution in [2.45, 2.75) is 12.8 Å². The molecule has 10 heavy (non-hydrogen) atoms. The molecule has 0 amide bonds. The minimum absolute atomic E-state index is 1.08. The lowest BCUT2D eigenvalue weighted by molar-refractivity contribution is 0.938. The second-order valence-electron chi connectivity index (χ2n) is 2.18. The van der Waals surface area contributed by atoms with Crippen LogP contribution in [0, 0.1) is 6.07 Å². The largest absolute Gasteiger partial charge is 0.0928 e. The van der Waals surface area contributed by atoms with Crippen molar-refractivity contribution in [3.63, 3.8) is 0 Å². The van der Waals surface area contributed by atoms with Gasteiger partial charge in [-0.25, -0.2) is 0 Å². The van der Waals surface area contributed by atoms with Gasteiger partial charge in [0, 0.05) is 5.33 Å². The van der Waals surface area contributed by atoms with Crippen molar-refractivity contribution in [1.29, 1.82) is 0 Å². The van der Waals surface area contributed by atoms with E-state index in [0.29, 0.717) is 0 Å². The summed E-state index contributed by atoms with van der Waals surface area (Å²) in [5.74, 6) is 0. The van der Waals surface area contributed by atoms with Gasteiger partial charge in [0.15, 0.2) is 0 Å². The molecule has 1 radical (unpaired) electrons. The van der Waals surface area contributed by atoms with Gasteiger partial charge < -0.3 is 0 Å². The Kier molecular flexibility index (Phi) is 3.52. The summed E-state index contributed by atoms with van der Waals surface area (Å²) in [6.07, 6.45) is 2.33. The van der Waals surface area contributed by atoms with E-state index < -0.39 is 0 Å². The van der Waals surface area contributed by atoms with Crippen molar-refractivity contribution in [3.05, 3.63) is 35.9 Å². The summed E-state index contributed by atoms with van der Waals surface area (Å²) >= 11 is 3.39. The number of rotatable bonds is 3. The van der Waals surface area contributed by atoms with Crippen molar-refractivity contribution in [2.75, 3.05) is 5.33 Å². The third-order valence-corrected chi connectivity index (χ3v) is 1.91. The van der Waals surface area contributed by atoms with Gasteiger partial charge in [-0.2, -0.15) is 0 Å². The number of hydrogen-bond donors (Lipinski definition) is 0. The zero-order chi connectivity index (χ0) is 7.23. The Morgan fingerprint density at radius 1 is 1.40 bits per heavy atom. The number of hydrogen-bond acceptors (Lipinski definition) is 0. The van der Waals surface area contributed by atoms with Gasteiger partial charge >= 0.3 is 0 Å². The maximum Gasteiger partial charge on any atom is 0.00344 e. The topological polar surface area (TPSA) is 0 Å². The molecule has 0 saturated carbocycles. The van der Waals surface area contributed by atoms with Gasteiger partial charge in [-0.15, -0.1) is 0 Å². The molecule has 1 rings (SSSR count). The molecule has 1 aromatic rings. The Labute approximate surface area is 70.4 Å². The number of benzene rings is 1. The predicted octanol–water partition coefficient (Wildman–Crippen LogP) is 2.81. The molecule has 0 aliphatic heterocycles. The van der Waals surface area contributed by atoms with Crippen molar-refractivity contribution >= 4 is 15.9 Å². The Morgan fingerprint density at radius 2 is 2.30 bits per heavy atom. The van der Waals surface area contributed by atoms with E-state index in [1.54, 1.807) is 0 Å². The molecule has 0 bridgehead atoms. The fourth-order valence-electron chi connectivity index (χ4n) is 0.843. The zero-order valence-electron chi connectivity index (χ0n) is 5.81. The van der Waals surface area contributed by atoms with Crippen LogP contribution in [-0.4, -0.2) is 5.33 Å². The van der Waals surface area contributed by atoms with Crippen molar-refractivity contribution in [1.82, 2.24) is 0 Å². The van der Waals surface area contributed by atoms with Crippen molar-refractivity contribution in [2.24, 2.45) is 0 Å². The molecule has 0 unspecified atom stereocenters. The van der Waals surface area contributed by atoms with E-state index in [2.05, 4.69) is 34.1 Å². The summed E-state index contributed by atoms with van der Waals surface area (Å²) in [5.41, 5.74) is 1.31. The number of alkyl halides is 1. The van der Waals surface area contributed by atoms with Crippen LogP contribution in [0.5, 0.6) is 0 Å². The fraction of sp³-hybridized carbons (Fsp3) is 0.333. The Hall–Kier alpha value is -0.300. The Balaban J connectivity index is 2.43. The predicted molar refractivity (Wildman–Crippen MR) is 47.4 cm³/mol.